The molecule has 0 saturated carbocycles. The lowest BCUT2D eigenvalue weighted by Crippen LogP contribution is -2.40. The van der Waals surface area contributed by atoms with Gasteiger partial charge in [-0.2, -0.15) is 0 Å². The summed E-state index contributed by atoms with van der Waals surface area (Å²) >= 11 is 6.08. The maximum Gasteiger partial charge on any atom is 0.0441 e. The minimum Gasteiger partial charge on any atom is -0.315 e. The van der Waals surface area contributed by atoms with Crippen molar-refractivity contribution in [2.24, 2.45) is 0 Å². The van der Waals surface area contributed by atoms with E-state index in [0.717, 1.165) is 18.1 Å². The minimum atomic E-state index is 0.636. The van der Waals surface area contributed by atoms with E-state index >= 15 is 0 Å². The molecule has 1 aliphatic heterocycles. The Morgan fingerprint density at radius 1 is 1.42 bits per heavy atom. The van der Waals surface area contributed by atoms with Crippen LogP contribution in [0, 0.1) is 6.92 Å². The standard InChI is InChI=1S/C10H12ClN/c1-7-2-3-10(11)9(4-7)8-5-12-6-8/h2-4,8,12H,5-6H2,1H3. The predicted octanol–water partition coefficient (Wildman–Crippen LogP) is 2.34. The van der Waals surface area contributed by atoms with Crippen molar-refractivity contribution < 1.29 is 0 Å². The molecule has 2 heteroatoms. The summed E-state index contributed by atoms with van der Waals surface area (Å²) in [6.07, 6.45) is 0. The molecule has 12 heavy (non-hydrogen) atoms. The van der Waals surface area contributed by atoms with Crippen molar-refractivity contribution in [1.29, 1.82) is 0 Å². The van der Waals surface area contributed by atoms with E-state index in [9.17, 15) is 0 Å². The van der Waals surface area contributed by atoms with Crippen molar-refractivity contribution in [3.05, 3.63) is 34.3 Å². The molecule has 0 bridgehead atoms. The third-order valence-corrected chi connectivity index (χ3v) is 2.72. The molecular weight excluding hydrogens is 170 g/mol. The largest absolute Gasteiger partial charge is 0.315 e. The Morgan fingerprint density at radius 3 is 2.75 bits per heavy atom. The van der Waals surface area contributed by atoms with E-state index in [4.69, 9.17) is 11.6 Å². The molecule has 0 atom stereocenters. The van der Waals surface area contributed by atoms with E-state index < -0.39 is 0 Å². The van der Waals surface area contributed by atoms with Gasteiger partial charge >= 0.3 is 0 Å². The van der Waals surface area contributed by atoms with Crippen LogP contribution in [0.4, 0.5) is 0 Å². The molecule has 1 nitrogen and oxygen atoms in total. The van der Waals surface area contributed by atoms with E-state index in [1.807, 2.05) is 6.07 Å². The van der Waals surface area contributed by atoms with Gasteiger partial charge in [0.2, 0.25) is 0 Å². The Balaban J connectivity index is 2.34. The first kappa shape index (κ1) is 8.09. The summed E-state index contributed by atoms with van der Waals surface area (Å²) in [5.74, 6) is 0.636. The normalized spacial score (nSPS) is 17.5. The monoisotopic (exact) mass is 181 g/mol. The minimum absolute atomic E-state index is 0.636. The van der Waals surface area contributed by atoms with Crippen LogP contribution in [0.3, 0.4) is 0 Å². The molecule has 1 saturated heterocycles. The van der Waals surface area contributed by atoms with Crippen LogP contribution in [-0.2, 0) is 0 Å². The summed E-state index contributed by atoms with van der Waals surface area (Å²) in [5, 5.41) is 4.16. The second-order valence-corrected chi connectivity index (χ2v) is 3.79. The molecule has 64 valence electrons. The van der Waals surface area contributed by atoms with E-state index in [-0.39, 0.29) is 0 Å². The number of rotatable bonds is 1. The van der Waals surface area contributed by atoms with Crippen LogP contribution in [0.2, 0.25) is 5.02 Å². The highest BCUT2D eigenvalue weighted by Gasteiger charge is 2.20. The Morgan fingerprint density at radius 2 is 2.17 bits per heavy atom. The van der Waals surface area contributed by atoms with Gasteiger partial charge in [0.15, 0.2) is 0 Å². The van der Waals surface area contributed by atoms with E-state index in [1.165, 1.54) is 11.1 Å². The predicted molar refractivity (Wildman–Crippen MR) is 51.8 cm³/mol. The summed E-state index contributed by atoms with van der Waals surface area (Å²) in [6, 6.07) is 6.23. The van der Waals surface area contributed by atoms with Crippen molar-refractivity contribution in [1.82, 2.24) is 5.32 Å². The Labute approximate surface area is 77.7 Å². The average Bonchev–Trinajstić information content (AvgIpc) is 1.93. The van der Waals surface area contributed by atoms with E-state index in [2.05, 4.69) is 24.4 Å². The zero-order chi connectivity index (χ0) is 8.55. The first-order valence-corrected chi connectivity index (χ1v) is 4.62. The molecule has 0 spiro atoms. The number of hydrogen-bond donors (Lipinski definition) is 1. The summed E-state index contributed by atoms with van der Waals surface area (Å²) in [6.45, 7) is 4.25. The summed E-state index contributed by atoms with van der Waals surface area (Å²) in [7, 11) is 0. The first-order valence-electron chi connectivity index (χ1n) is 4.24. The second-order valence-electron chi connectivity index (χ2n) is 3.38. The van der Waals surface area contributed by atoms with Gasteiger partial charge in [0.1, 0.15) is 0 Å². The highest BCUT2D eigenvalue weighted by molar-refractivity contribution is 6.31. The Kier molecular flexibility index (Phi) is 2.07. The quantitative estimate of drug-likeness (QED) is 0.702. The topological polar surface area (TPSA) is 12.0 Å². The Bertz CT molecular complexity index is 292. The van der Waals surface area contributed by atoms with Crippen LogP contribution in [0.25, 0.3) is 0 Å². The van der Waals surface area contributed by atoms with Gasteiger partial charge in [0.25, 0.3) is 0 Å². The highest BCUT2D eigenvalue weighted by Crippen LogP contribution is 2.27. The molecule has 1 heterocycles. The molecule has 2 rings (SSSR count). The van der Waals surface area contributed by atoms with E-state index in [0.29, 0.717) is 5.92 Å². The number of benzene rings is 1. The van der Waals surface area contributed by atoms with Gasteiger partial charge < -0.3 is 5.32 Å². The van der Waals surface area contributed by atoms with Crippen LogP contribution in [0.1, 0.15) is 17.0 Å². The number of nitrogens with one attached hydrogen (secondary N) is 1. The maximum absolute atomic E-state index is 6.08. The molecule has 1 aliphatic rings. The molecule has 0 aromatic heterocycles. The van der Waals surface area contributed by atoms with Crippen LogP contribution in [0.5, 0.6) is 0 Å². The zero-order valence-corrected chi connectivity index (χ0v) is 7.86. The van der Waals surface area contributed by atoms with Crippen molar-refractivity contribution in [3.63, 3.8) is 0 Å². The van der Waals surface area contributed by atoms with Gasteiger partial charge in [-0.25, -0.2) is 0 Å². The van der Waals surface area contributed by atoms with Crippen LogP contribution < -0.4 is 5.32 Å². The fraction of sp³-hybridized carbons (Fsp3) is 0.400. The van der Waals surface area contributed by atoms with Gasteiger partial charge in [-0.3, -0.25) is 0 Å². The number of halogens is 1. The fourth-order valence-corrected chi connectivity index (χ4v) is 1.76. The lowest BCUT2D eigenvalue weighted by atomic mass is 9.93. The van der Waals surface area contributed by atoms with Gasteiger partial charge in [-0.15, -0.1) is 0 Å². The van der Waals surface area contributed by atoms with Crippen LogP contribution in [-0.4, -0.2) is 13.1 Å². The molecule has 1 aromatic carbocycles. The summed E-state index contributed by atoms with van der Waals surface area (Å²) < 4.78 is 0. The smallest absolute Gasteiger partial charge is 0.0441 e. The lowest BCUT2D eigenvalue weighted by Gasteiger charge is -2.28. The molecule has 1 aromatic rings. The van der Waals surface area contributed by atoms with Gasteiger partial charge in [0.05, 0.1) is 0 Å². The highest BCUT2D eigenvalue weighted by atomic mass is 35.5. The molecule has 0 amide bonds. The maximum atomic E-state index is 6.08. The van der Waals surface area contributed by atoms with Crippen molar-refractivity contribution in [3.8, 4) is 0 Å². The fourth-order valence-electron chi connectivity index (χ4n) is 1.48. The van der Waals surface area contributed by atoms with Crippen molar-refractivity contribution in [2.75, 3.05) is 13.1 Å². The molecular formula is C10H12ClN. The summed E-state index contributed by atoms with van der Waals surface area (Å²) in [4.78, 5) is 0. The van der Waals surface area contributed by atoms with Crippen LogP contribution in [0.15, 0.2) is 18.2 Å². The van der Waals surface area contributed by atoms with Gasteiger partial charge in [-0.1, -0.05) is 29.3 Å². The van der Waals surface area contributed by atoms with Gasteiger partial charge in [0, 0.05) is 24.0 Å². The molecule has 1 fully saturated rings. The third-order valence-electron chi connectivity index (χ3n) is 2.37. The molecule has 0 radical (unpaired) electrons. The van der Waals surface area contributed by atoms with Crippen molar-refractivity contribution in [2.45, 2.75) is 12.8 Å². The Hall–Kier alpha value is -0.530. The van der Waals surface area contributed by atoms with Crippen LogP contribution >= 0.6 is 11.6 Å². The van der Waals surface area contributed by atoms with E-state index in [1.54, 1.807) is 0 Å². The number of aryl methyl sites for hydroxylation is 1. The zero-order valence-electron chi connectivity index (χ0n) is 7.10. The van der Waals surface area contributed by atoms with Crippen molar-refractivity contribution >= 4 is 11.6 Å². The van der Waals surface area contributed by atoms with Gasteiger partial charge in [-0.05, 0) is 18.6 Å². The third kappa shape index (κ3) is 1.35. The lowest BCUT2D eigenvalue weighted by molar-refractivity contribution is 0.448. The first-order chi connectivity index (χ1) is 5.77. The molecule has 1 N–H and O–H groups in total. The molecule has 0 aliphatic carbocycles. The summed E-state index contributed by atoms with van der Waals surface area (Å²) in [5.41, 5.74) is 2.59. The second kappa shape index (κ2) is 3.08. The number of hydrogen-bond acceptors (Lipinski definition) is 1. The molecule has 0 unspecified atom stereocenters. The average molecular weight is 182 g/mol. The SMILES string of the molecule is Cc1ccc(Cl)c(C2CNC2)c1.